The lowest BCUT2D eigenvalue weighted by molar-refractivity contribution is 0.0998. The SMILES string of the molecule is Cc1c(C(=O)Nc2ccccc2Cl)oc2ccc(Cl)cc12. The second-order valence-corrected chi connectivity index (χ2v) is 5.47. The summed E-state index contributed by atoms with van der Waals surface area (Å²) in [6.45, 7) is 1.82. The first-order valence-corrected chi connectivity index (χ1v) is 7.06. The molecule has 2 aromatic carbocycles. The van der Waals surface area contributed by atoms with Gasteiger partial charge in [-0.25, -0.2) is 0 Å². The Morgan fingerprint density at radius 1 is 1.14 bits per heavy atom. The van der Waals surface area contributed by atoms with E-state index in [0.717, 1.165) is 10.9 Å². The number of carbonyl (C=O) groups is 1. The first-order chi connectivity index (χ1) is 10.1. The number of hydrogen-bond acceptors (Lipinski definition) is 2. The first kappa shape index (κ1) is 14.0. The number of para-hydroxylation sites is 1. The Kier molecular flexibility index (Phi) is 3.62. The zero-order valence-corrected chi connectivity index (χ0v) is 12.6. The number of rotatable bonds is 2. The van der Waals surface area contributed by atoms with Crippen LogP contribution in [0.3, 0.4) is 0 Å². The minimum Gasteiger partial charge on any atom is -0.451 e. The minimum atomic E-state index is -0.340. The molecule has 106 valence electrons. The lowest BCUT2D eigenvalue weighted by atomic mass is 10.1. The van der Waals surface area contributed by atoms with Gasteiger partial charge in [-0.2, -0.15) is 0 Å². The molecule has 3 nitrogen and oxygen atoms in total. The fraction of sp³-hybridized carbons (Fsp3) is 0.0625. The van der Waals surface area contributed by atoms with Gasteiger partial charge in [-0.3, -0.25) is 4.79 Å². The van der Waals surface area contributed by atoms with E-state index < -0.39 is 0 Å². The highest BCUT2D eigenvalue weighted by Gasteiger charge is 2.18. The molecule has 0 aliphatic carbocycles. The number of aryl methyl sites for hydroxylation is 1. The van der Waals surface area contributed by atoms with E-state index >= 15 is 0 Å². The number of furan rings is 1. The number of benzene rings is 2. The van der Waals surface area contributed by atoms with Crippen LogP contribution in [-0.2, 0) is 0 Å². The van der Waals surface area contributed by atoms with Crippen LogP contribution in [0.2, 0.25) is 10.0 Å². The predicted octanol–water partition coefficient (Wildman–Crippen LogP) is 5.30. The Morgan fingerprint density at radius 3 is 2.67 bits per heavy atom. The second kappa shape index (κ2) is 5.43. The van der Waals surface area contributed by atoms with Crippen LogP contribution in [0, 0.1) is 6.92 Å². The number of carbonyl (C=O) groups excluding carboxylic acids is 1. The molecule has 0 saturated heterocycles. The topological polar surface area (TPSA) is 42.2 Å². The van der Waals surface area contributed by atoms with Crippen molar-refractivity contribution in [3.05, 3.63) is 63.8 Å². The summed E-state index contributed by atoms with van der Waals surface area (Å²) >= 11 is 12.0. The van der Waals surface area contributed by atoms with Crippen LogP contribution in [0.25, 0.3) is 11.0 Å². The molecule has 21 heavy (non-hydrogen) atoms. The molecule has 1 N–H and O–H groups in total. The van der Waals surface area contributed by atoms with Crippen molar-refractivity contribution in [2.75, 3.05) is 5.32 Å². The van der Waals surface area contributed by atoms with Crippen molar-refractivity contribution < 1.29 is 9.21 Å². The molecule has 0 fully saturated rings. The van der Waals surface area contributed by atoms with Gasteiger partial charge < -0.3 is 9.73 Å². The van der Waals surface area contributed by atoms with Gasteiger partial charge >= 0.3 is 0 Å². The summed E-state index contributed by atoms with van der Waals surface area (Å²) in [4.78, 5) is 12.3. The van der Waals surface area contributed by atoms with Gasteiger partial charge in [0.2, 0.25) is 0 Å². The largest absolute Gasteiger partial charge is 0.451 e. The summed E-state index contributed by atoms with van der Waals surface area (Å²) in [5, 5.41) is 4.65. The van der Waals surface area contributed by atoms with E-state index in [0.29, 0.717) is 21.3 Å². The van der Waals surface area contributed by atoms with E-state index in [1.54, 1.807) is 42.5 Å². The van der Waals surface area contributed by atoms with Gasteiger partial charge in [0.05, 0.1) is 10.7 Å². The van der Waals surface area contributed by atoms with Crippen LogP contribution in [0.1, 0.15) is 16.1 Å². The molecule has 0 unspecified atom stereocenters. The molecular weight excluding hydrogens is 309 g/mol. The fourth-order valence-corrected chi connectivity index (χ4v) is 2.51. The third-order valence-corrected chi connectivity index (χ3v) is 3.79. The molecule has 0 aliphatic heterocycles. The zero-order valence-electron chi connectivity index (χ0n) is 11.1. The summed E-state index contributed by atoms with van der Waals surface area (Å²) in [5.41, 5.74) is 1.92. The van der Waals surface area contributed by atoms with Crippen LogP contribution in [0.5, 0.6) is 0 Å². The summed E-state index contributed by atoms with van der Waals surface area (Å²) in [6, 6.07) is 12.3. The summed E-state index contributed by atoms with van der Waals surface area (Å²) in [7, 11) is 0. The Balaban J connectivity index is 1.99. The van der Waals surface area contributed by atoms with Crippen molar-refractivity contribution in [3.8, 4) is 0 Å². The average Bonchev–Trinajstić information content (AvgIpc) is 2.79. The lowest BCUT2D eigenvalue weighted by Crippen LogP contribution is -2.12. The third-order valence-electron chi connectivity index (χ3n) is 3.23. The normalized spacial score (nSPS) is 10.8. The highest BCUT2D eigenvalue weighted by Crippen LogP contribution is 2.29. The van der Waals surface area contributed by atoms with E-state index in [4.69, 9.17) is 27.6 Å². The van der Waals surface area contributed by atoms with E-state index in [1.165, 1.54) is 0 Å². The summed E-state index contributed by atoms with van der Waals surface area (Å²) < 4.78 is 5.61. The Hall–Kier alpha value is -1.97. The number of nitrogens with one attached hydrogen (secondary N) is 1. The summed E-state index contributed by atoms with van der Waals surface area (Å²) in [6.07, 6.45) is 0. The van der Waals surface area contributed by atoms with Crippen LogP contribution >= 0.6 is 23.2 Å². The van der Waals surface area contributed by atoms with Crippen molar-refractivity contribution in [1.82, 2.24) is 0 Å². The van der Waals surface area contributed by atoms with Crippen LogP contribution in [0.15, 0.2) is 46.9 Å². The van der Waals surface area contributed by atoms with Crippen molar-refractivity contribution in [2.24, 2.45) is 0 Å². The van der Waals surface area contributed by atoms with Crippen LogP contribution in [-0.4, -0.2) is 5.91 Å². The minimum absolute atomic E-state index is 0.257. The van der Waals surface area contributed by atoms with Gasteiger partial charge in [-0.05, 0) is 37.3 Å². The second-order valence-electron chi connectivity index (χ2n) is 4.63. The smallest absolute Gasteiger partial charge is 0.291 e. The van der Waals surface area contributed by atoms with E-state index in [9.17, 15) is 4.79 Å². The molecule has 1 amide bonds. The maximum absolute atomic E-state index is 12.3. The molecule has 3 rings (SSSR count). The summed E-state index contributed by atoms with van der Waals surface area (Å²) in [5.74, 6) is -0.0832. The highest BCUT2D eigenvalue weighted by atomic mass is 35.5. The van der Waals surface area contributed by atoms with Gasteiger partial charge in [-0.15, -0.1) is 0 Å². The van der Waals surface area contributed by atoms with E-state index in [1.807, 2.05) is 6.92 Å². The maximum Gasteiger partial charge on any atom is 0.291 e. The molecule has 1 aromatic heterocycles. The van der Waals surface area contributed by atoms with E-state index in [2.05, 4.69) is 5.32 Å². The standard InChI is InChI=1S/C16H11Cl2NO2/c1-9-11-8-10(17)6-7-14(11)21-15(9)16(20)19-13-5-3-2-4-12(13)18/h2-8H,1H3,(H,19,20). The quantitative estimate of drug-likeness (QED) is 0.696. The molecule has 3 aromatic rings. The van der Waals surface area contributed by atoms with Gasteiger partial charge in [-0.1, -0.05) is 35.3 Å². The Labute approximate surface area is 131 Å². The van der Waals surface area contributed by atoms with Crippen LogP contribution in [0.4, 0.5) is 5.69 Å². The average molecular weight is 320 g/mol. The predicted molar refractivity (Wildman–Crippen MR) is 85.4 cm³/mol. The maximum atomic E-state index is 12.3. The van der Waals surface area contributed by atoms with Gasteiger partial charge in [0.15, 0.2) is 5.76 Å². The number of fused-ring (bicyclic) bond motifs is 1. The monoisotopic (exact) mass is 319 g/mol. The molecular formula is C16H11Cl2NO2. The van der Waals surface area contributed by atoms with Crippen molar-refractivity contribution in [3.63, 3.8) is 0 Å². The molecule has 5 heteroatoms. The molecule has 0 bridgehead atoms. The Bertz CT molecular complexity index is 839. The number of hydrogen-bond donors (Lipinski definition) is 1. The van der Waals surface area contributed by atoms with Gasteiger partial charge in [0.25, 0.3) is 5.91 Å². The molecule has 0 saturated carbocycles. The number of amides is 1. The fourth-order valence-electron chi connectivity index (χ4n) is 2.15. The number of anilines is 1. The molecule has 0 spiro atoms. The first-order valence-electron chi connectivity index (χ1n) is 6.31. The molecule has 0 radical (unpaired) electrons. The lowest BCUT2D eigenvalue weighted by Gasteiger charge is -2.05. The van der Waals surface area contributed by atoms with Gasteiger partial charge in [0, 0.05) is 16.0 Å². The van der Waals surface area contributed by atoms with Crippen LogP contribution < -0.4 is 5.32 Å². The van der Waals surface area contributed by atoms with Crippen molar-refractivity contribution >= 4 is 45.8 Å². The zero-order chi connectivity index (χ0) is 15.0. The Morgan fingerprint density at radius 2 is 1.90 bits per heavy atom. The highest BCUT2D eigenvalue weighted by molar-refractivity contribution is 6.34. The molecule has 1 heterocycles. The van der Waals surface area contributed by atoms with Crippen molar-refractivity contribution in [1.29, 1.82) is 0 Å². The molecule has 0 atom stereocenters. The van der Waals surface area contributed by atoms with E-state index in [-0.39, 0.29) is 11.7 Å². The van der Waals surface area contributed by atoms with Crippen molar-refractivity contribution in [2.45, 2.75) is 6.92 Å². The molecule has 0 aliphatic rings. The van der Waals surface area contributed by atoms with Gasteiger partial charge in [0.1, 0.15) is 5.58 Å². The third kappa shape index (κ3) is 2.62. The number of halogens is 2.